The number of hydrogen-bond acceptors (Lipinski definition) is 9. The normalized spacial score (nSPS) is 14.1. The second kappa shape index (κ2) is 16.6. The molecule has 3 aromatic rings. The molecule has 0 bridgehead atoms. The van der Waals surface area contributed by atoms with Crippen LogP contribution in [0.2, 0.25) is 0 Å². The molecule has 10 N–H and O–H groups in total. The maximum absolute atomic E-state index is 14.2. The number of halogens is 1. The Balaban J connectivity index is 1.96. The summed E-state index contributed by atoms with van der Waals surface area (Å²) in [6, 6.07) is 10.7. The molecular formula is C32H43FN8O5. The first-order valence-corrected chi connectivity index (χ1v) is 15.0. The van der Waals surface area contributed by atoms with Gasteiger partial charge >= 0.3 is 5.97 Å². The zero-order valence-electron chi connectivity index (χ0n) is 26.1. The first-order chi connectivity index (χ1) is 21.7. The van der Waals surface area contributed by atoms with E-state index in [1.807, 2.05) is 0 Å². The van der Waals surface area contributed by atoms with E-state index < -0.39 is 53.3 Å². The monoisotopic (exact) mass is 638 g/mol. The average molecular weight is 639 g/mol. The molecule has 2 aromatic carbocycles. The number of fused-ring (bicyclic) bond motifs is 1. The third kappa shape index (κ3) is 11.7. The number of aromatic nitrogens is 2. The number of aliphatic hydroxyl groups is 1. The zero-order chi connectivity index (χ0) is 33.9. The van der Waals surface area contributed by atoms with Gasteiger partial charge < -0.3 is 38.1 Å². The fourth-order valence-corrected chi connectivity index (χ4v) is 4.85. The molecule has 4 atom stereocenters. The van der Waals surface area contributed by atoms with Crippen LogP contribution in [0.25, 0.3) is 11.0 Å². The van der Waals surface area contributed by atoms with Crippen LogP contribution in [0, 0.1) is 11.7 Å². The van der Waals surface area contributed by atoms with Crippen molar-refractivity contribution < 1.29 is 28.6 Å². The molecule has 0 saturated heterocycles. The summed E-state index contributed by atoms with van der Waals surface area (Å²) in [4.78, 5) is 52.0. The minimum absolute atomic E-state index is 0.00191. The van der Waals surface area contributed by atoms with Gasteiger partial charge in [0.05, 0.1) is 28.9 Å². The van der Waals surface area contributed by atoms with Gasteiger partial charge in [0.2, 0.25) is 5.91 Å². The van der Waals surface area contributed by atoms with Gasteiger partial charge in [0.25, 0.3) is 5.91 Å². The Bertz CT molecular complexity index is 1530. The van der Waals surface area contributed by atoms with Crippen LogP contribution in [0.3, 0.4) is 0 Å². The summed E-state index contributed by atoms with van der Waals surface area (Å²) in [7, 11) is 0. The lowest BCUT2D eigenvalue weighted by Crippen LogP contribution is -2.50. The summed E-state index contributed by atoms with van der Waals surface area (Å²) < 4.78 is 20.1. The van der Waals surface area contributed by atoms with Crippen molar-refractivity contribution >= 4 is 34.8 Å². The molecule has 0 saturated carbocycles. The highest BCUT2D eigenvalue weighted by Crippen LogP contribution is 2.24. The van der Waals surface area contributed by atoms with Gasteiger partial charge in [-0.1, -0.05) is 24.3 Å². The van der Waals surface area contributed by atoms with Crippen molar-refractivity contribution in [2.24, 2.45) is 33.8 Å². The maximum atomic E-state index is 14.2. The summed E-state index contributed by atoms with van der Waals surface area (Å²) in [6.07, 6.45) is 1.05. The number of amides is 2. The Morgan fingerprint density at radius 3 is 2.43 bits per heavy atom. The SMILES string of the molecule is CC(C)(O)CC[C@H](C[C@H](OC(=O)[C@@H](N)CCCN=C(N)N)[C@H](Cc1cccc(F)c1)NC(=O)c1cnc2ccccc2n1)C(N)=O. The van der Waals surface area contributed by atoms with Gasteiger partial charge in [-0.15, -0.1) is 0 Å². The Morgan fingerprint density at radius 2 is 1.78 bits per heavy atom. The Kier molecular flexibility index (Phi) is 12.9. The first-order valence-electron chi connectivity index (χ1n) is 15.0. The summed E-state index contributed by atoms with van der Waals surface area (Å²) in [5.74, 6) is -3.54. The lowest BCUT2D eigenvalue weighted by atomic mass is 9.87. The minimum Gasteiger partial charge on any atom is -0.459 e. The zero-order valence-corrected chi connectivity index (χ0v) is 26.1. The molecule has 13 nitrogen and oxygen atoms in total. The predicted octanol–water partition coefficient (Wildman–Crippen LogP) is 1.45. The highest BCUT2D eigenvalue weighted by molar-refractivity contribution is 5.94. The Labute approximate surface area is 267 Å². The number of carbonyl (C=O) groups excluding carboxylic acids is 3. The Hall–Kier alpha value is -4.69. The van der Waals surface area contributed by atoms with Crippen LogP contribution in [0.4, 0.5) is 4.39 Å². The van der Waals surface area contributed by atoms with Gasteiger partial charge in [-0.25, -0.2) is 9.37 Å². The van der Waals surface area contributed by atoms with Crippen LogP contribution in [-0.2, 0) is 20.7 Å². The number of nitrogens with one attached hydrogen (secondary N) is 1. The predicted molar refractivity (Wildman–Crippen MR) is 171 cm³/mol. The van der Waals surface area contributed by atoms with E-state index in [1.54, 1.807) is 44.2 Å². The molecule has 248 valence electrons. The van der Waals surface area contributed by atoms with Crippen LogP contribution in [0.1, 0.15) is 62.0 Å². The van der Waals surface area contributed by atoms with E-state index in [9.17, 15) is 23.9 Å². The topological polar surface area (TPSA) is 235 Å². The number of primary amides is 1. The standard InChI is InChI=1S/C32H43FN8O5/c1-32(2,45)13-12-20(28(35)42)17-27(46-30(44)22(34)9-6-14-38-31(36)37)25(16-19-7-5-8-21(33)15-19)41-29(43)26-18-39-23-10-3-4-11-24(23)40-26/h3-5,7-8,10-11,15,18,20,22,25,27,45H,6,9,12-14,16-17,34H2,1-2H3,(H2,35,42)(H,41,43)(H4,36,37,38)/t20-,22+,25+,27+/m1/s1. The van der Waals surface area contributed by atoms with Crippen molar-refractivity contribution in [3.8, 4) is 0 Å². The number of guanidine groups is 1. The number of rotatable bonds is 17. The van der Waals surface area contributed by atoms with Crippen molar-refractivity contribution in [1.82, 2.24) is 15.3 Å². The largest absolute Gasteiger partial charge is 0.459 e. The quantitative estimate of drug-likeness (QED) is 0.0538. The third-order valence-electron chi connectivity index (χ3n) is 7.35. The summed E-state index contributed by atoms with van der Waals surface area (Å²) in [6.45, 7) is 3.45. The molecular weight excluding hydrogens is 595 g/mol. The van der Waals surface area contributed by atoms with Gasteiger partial charge in [0, 0.05) is 12.5 Å². The molecule has 1 heterocycles. The molecule has 0 fully saturated rings. The van der Waals surface area contributed by atoms with E-state index >= 15 is 0 Å². The number of hydrogen-bond donors (Lipinski definition) is 6. The molecule has 2 amide bonds. The van der Waals surface area contributed by atoms with Crippen LogP contribution in [0.5, 0.6) is 0 Å². The van der Waals surface area contributed by atoms with Crippen LogP contribution >= 0.6 is 0 Å². The lowest BCUT2D eigenvalue weighted by molar-refractivity contribution is -0.154. The molecule has 0 aliphatic rings. The molecule has 14 heteroatoms. The van der Waals surface area contributed by atoms with Crippen LogP contribution < -0.4 is 28.3 Å². The number of aliphatic imine (C=N–C) groups is 1. The summed E-state index contributed by atoms with van der Waals surface area (Å²) in [5, 5.41) is 13.2. The van der Waals surface area contributed by atoms with E-state index in [2.05, 4.69) is 20.3 Å². The molecule has 0 aliphatic carbocycles. The van der Waals surface area contributed by atoms with Crippen molar-refractivity contribution in [2.75, 3.05) is 6.54 Å². The number of para-hydroxylation sites is 2. The average Bonchev–Trinajstić information content (AvgIpc) is 2.99. The van der Waals surface area contributed by atoms with Crippen molar-refractivity contribution in [3.05, 3.63) is 71.8 Å². The second-order valence-corrected chi connectivity index (χ2v) is 11.9. The minimum atomic E-state index is -1.14. The fourth-order valence-electron chi connectivity index (χ4n) is 4.85. The number of ether oxygens (including phenoxy) is 1. The number of nitrogens with two attached hydrogens (primary N) is 4. The molecule has 0 unspecified atom stereocenters. The van der Waals surface area contributed by atoms with E-state index in [-0.39, 0.29) is 50.3 Å². The summed E-state index contributed by atoms with van der Waals surface area (Å²) in [5.41, 5.74) is 23.1. The van der Waals surface area contributed by atoms with Gasteiger partial charge in [-0.05, 0) is 82.2 Å². The van der Waals surface area contributed by atoms with E-state index in [4.69, 9.17) is 27.7 Å². The van der Waals surface area contributed by atoms with Crippen molar-refractivity contribution in [3.63, 3.8) is 0 Å². The third-order valence-corrected chi connectivity index (χ3v) is 7.35. The molecule has 0 radical (unpaired) electrons. The first kappa shape index (κ1) is 35.8. The molecule has 1 aromatic heterocycles. The number of esters is 1. The number of nitrogens with zero attached hydrogens (tertiary/aromatic N) is 3. The maximum Gasteiger partial charge on any atom is 0.323 e. The van der Waals surface area contributed by atoms with Crippen LogP contribution in [-0.4, -0.2) is 69.2 Å². The number of benzene rings is 2. The van der Waals surface area contributed by atoms with Crippen molar-refractivity contribution in [1.29, 1.82) is 0 Å². The van der Waals surface area contributed by atoms with Gasteiger partial charge in [0.1, 0.15) is 23.7 Å². The summed E-state index contributed by atoms with van der Waals surface area (Å²) >= 11 is 0. The van der Waals surface area contributed by atoms with E-state index in [0.29, 0.717) is 23.0 Å². The Morgan fingerprint density at radius 1 is 1.07 bits per heavy atom. The lowest BCUT2D eigenvalue weighted by Gasteiger charge is -2.31. The molecule has 0 spiro atoms. The van der Waals surface area contributed by atoms with E-state index in [1.165, 1.54) is 24.4 Å². The van der Waals surface area contributed by atoms with Gasteiger partial charge in [-0.2, -0.15) is 0 Å². The smallest absolute Gasteiger partial charge is 0.323 e. The fraction of sp³-hybridized carbons (Fsp3) is 0.438. The molecule has 0 aliphatic heterocycles. The highest BCUT2D eigenvalue weighted by Gasteiger charge is 2.34. The van der Waals surface area contributed by atoms with Gasteiger partial charge in [0.15, 0.2) is 5.96 Å². The van der Waals surface area contributed by atoms with Crippen molar-refractivity contribution in [2.45, 2.75) is 76.2 Å². The second-order valence-electron chi connectivity index (χ2n) is 11.9. The van der Waals surface area contributed by atoms with E-state index in [0.717, 1.165) is 0 Å². The van der Waals surface area contributed by atoms with Crippen LogP contribution in [0.15, 0.2) is 59.7 Å². The molecule has 46 heavy (non-hydrogen) atoms. The molecule has 3 rings (SSSR count). The van der Waals surface area contributed by atoms with Gasteiger partial charge in [-0.3, -0.25) is 24.4 Å². The number of carbonyl (C=O) groups is 3. The highest BCUT2D eigenvalue weighted by atomic mass is 19.1.